The smallest absolute Gasteiger partial charge is 0.337 e. The van der Waals surface area contributed by atoms with E-state index in [9.17, 15) is 14.0 Å². The maximum atomic E-state index is 14.3. The van der Waals surface area contributed by atoms with Crippen LogP contribution >= 0.6 is 0 Å². The van der Waals surface area contributed by atoms with Crippen LogP contribution in [-0.2, 0) is 30.3 Å². The number of benzene rings is 2. The molecule has 3 atom stereocenters. The topological polar surface area (TPSA) is 89.1 Å². The zero-order chi connectivity index (χ0) is 32.8. The van der Waals surface area contributed by atoms with E-state index in [0.717, 1.165) is 55.2 Å². The van der Waals surface area contributed by atoms with E-state index in [1.54, 1.807) is 38.1 Å². The number of nitrogens with zero attached hydrogens (tertiary/aromatic N) is 1. The van der Waals surface area contributed by atoms with Gasteiger partial charge in [0.25, 0.3) is 5.91 Å². The van der Waals surface area contributed by atoms with Crippen LogP contribution in [0.5, 0.6) is 0 Å². The molecule has 1 fully saturated rings. The van der Waals surface area contributed by atoms with Crippen LogP contribution in [0.15, 0.2) is 102 Å². The van der Waals surface area contributed by atoms with Crippen LogP contribution in [0.2, 0.25) is 0 Å². The molecule has 0 aromatic heterocycles. The lowest BCUT2D eigenvalue weighted by molar-refractivity contribution is -0.140. The first-order valence-corrected chi connectivity index (χ1v) is 15.6. The molecule has 46 heavy (non-hydrogen) atoms. The first kappa shape index (κ1) is 33.1. The molecule has 0 spiro atoms. The minimum Gasteiger partial charge on any atom is -0.463 e. The summed E-state index contributed by atoms with van der Waals surface area (Å²) in [6.45, 7) is 15.3. The van der Waals surface area contributed by atoms with E-state index in [2.05, 4.69) is 34.2 Å². The Morgan fingerprint density at radius 3 is 2.57 bits per heavy atom. The van der Waals surface area contributed by atoms with Gasteiger partial charge in [-0.15, -0.1) is 0 Å². The predicted octanol–water partition coefficient (Wildman–Crippen LogP) is 5.84. The third-order valence-corrected chi connectivity index (χ3v) is 8.24. The van der Waals surface area contributed by atoms with Gasteiger partial charge in [-0.25, -0.2) is 9.18 Å². The highest BCUT2D eigenvalue weighted by atomic mass is 19.1. The van der Waals surface area contributed by atoms with Gasteiger partial charge in [-0.2, -0.15) is 0 Å². The van der Waals surface area contributed by atoms with Crippen LogP contribution < -0.4 is 10.6 Å². The summed E-state index contributed by atoms with van der Waals surface area (Å²) in [5.74, 6) is -1.66. The number of morpholine rings is 1. The Balaban J connectivity index is 1.58. The molecule has 8 nitrogen and oxygen atoms in total. The highest BCUT2D eigenvalue weighted by Gasteiger charge is 2.58. The number of fused-ring (bicyclic) bond motifs is 2. The maximum absolute atomic E-state index is 14.3. The van der Waals surface area contributed by atoms with E-state index < -0.39 is 35.4 Å². The quantitative estimate of drug-likeness (QED) is 0.174. The minimum absolute atomic E-state index is 0.108. The van der Waals surface area contributed by atoms with E-state index in [1.807, 2.05) is 44.2 Å². The number of hydrogen-bond donors (Lipinski definition) is 2. The summed E-state index contributed by atoms with van der Waals surface area (Å²) in [5.41, 5.74) is 3.38. The van der Waals surface area contributed by atoms with Crippen LogP contribution in [0.1, 0.15) is 43.5 Å². The number of carbonyl (C=O) groups excluding carboxylic acids is 2. The number of nitrogens with one attached hydrogen (secondary N) is 2. The lowest BCUT2D eigenvalue weighted by atomic mass is 9.78. The molecule has 9 heteroatoms. The second-order valence-electron chi connectivity index (χ2n) is 11.9. The molecular formula is C37H42FN3O5. The number of aryl methyl sites for hydroxylation is 1. The third-order valence-electron chi connectivity index (χ3n) is 8.24. The first-order valence-electron chi connectivity index (χ1n) is 15.6. The largest absolute Gasteiger partial charge is 0.463 e. The average Bonchev–Trinajstić information content (AvgIpc) is 3.61. The average molecular weight is 628 g/mol. The van der Waals surface area contributed by atoms with Crippen molar-refractivity contribution in [2.75, 3.05) is 38.2 Å². The van der Waals surface area contributed by atoms with Crippen molar-refractivity contribution in [3.05, 3.63) is 124 Å². The number of amides is 1. The lowest BCUT2D eigenvalue weighted by Crippen LogP contribution is -2.45. The van der Waals surface area contributed by atoms with Crippen molar-refractivity contribution in [2.24, 2.45) is 0 Å². The van der Waals surface area contributed by atoms with Gasteiger partial charge in [0.15, 0.2) is 0 Å². The fraction of sp³-hybridized carbons (Fsp3) is 0.351. The van der Waals surface area contributed by atoms with Gasteiger partial charge in [0, 0.05) is 31.0 Å². The fourth-order valence-corrected chi connectivity index (χ4v) is 6.08. The molecule has 5 rings (SSSR count). The highest BCUT2D eigenvalue weighted by molar-refractivity contribution is 6.12. The van der Waals surface area contributed by atoms with Crippen LogP contribution in [0.3, 0.4) is 0 Å². The van der Waals surface area contributed by atoms with Gasteiger partial charge in [-0.1, -0.05) is 54.6 Å². The van der Waals surface area contributed by atoms with Gasteiger partial charge in [-0.3, -0.25) is 9.69 Å². The molecule has 0 saturated carbocycles. The van der Waals surface area contributed by atoms with Gasteiger partial charge in [-0.05, 0) is 74.7 Å². The zero-order valence-corrected chi connectivity index (χ0v) is 26.9. The highest BCUT2D eigenvalue weighted by Crippen LogP contribution is 2.51. The Bertz CT molecular complexity index is 1600. The normalized spacial score (nSPS) is 21.6. The van der Waals surface area contributed by atoms with Gasteiger partial charge in [0.2, 0.25) is 0 Å². The van der Waals surface area contributed by atoms with E-state index in [0.29, 0.717) is 5.56 Å². The van der Waals surface area contributed by atoms with Crippen molar-refractivity contribution in [1.82, 2.24) is 10.2 Å². The molecule has 3 aliphatic rings. The van der Waals surface area contributed by atoms with Crippen molar-refractivity contribution in [2.45, 2.75) is 52.0 Å². The molecule has 1 amide bonds. The summed E-state index contributed by atoms with van der Waals surface area (Å²) in [5, 5.41) is 6.37. The molecule has 242 valence electrons. The molecular weight excluding hydrogens is 585 g/mol. The van der Waals surface area contributed by atoms with Crippen molar-refractivity contribution in [1.29, 1.82) is 0 Å². The van der Waals surface area contributed by atoms with Gasteiger partial charge >= 0.3 is 5.97 Å². The number of allylic oxidation sites excluding steroid dienone is 4. The maximum Gasteiger partial charge on any atom is 0.337 e. The van der Waals surface area contributed by atoms with Crippen LogP contribution in [0.4, 0.5) is 10.1 Å². The zero-order valence-electron chi connectivity index (χ0n) is 26.9. The standard InChI is InChI=1S/C37H42FN3O5/c1-6-8-28(21-24(3)4)39-34(27-12-10-26(11-13-27)23-41-17-19-44-20-18-41)37-16-15-31(46-37)32(33(37)36(43)45-7-2)35(42)40-29-14-9-25(5)30(38)22-29/h6,8-16,21-22,31,34,39H,1,7,17-20,23H2,2-5H3,(H,40,42)/b28-8+. The third kappa shape index (κ3) is 7.07. The Labute approximate surface area is 270 Å². The van der Waals surface area contributed by atoms with Crippen LogP contribution in [0, 0.1) is 12.7 Å². The lowest BCUT2D eigenvalue weighted by Gasteiger charge is -2.36. The molecule has 2 N–H and O–H groups in total. The fourth-order valence-electron chi connectivity index (χ4n) is 6.08. The Morgan fingerprint density at radius 2 is 1.91 bits per heavy atom. The van der Waals surface area contributed by atoms with E-state index in [4.69, 9.17) is 14.2 Å². The summed E-state index contributed by atoms with van der Waals surface area (Å²) >= 11 is 0. The second-order valence-corrected chi connectivity index (χ2v) is 11.9. The number of esters is 1. The summed E-state index contributed by atoms with van der Waals surface area (Å²) in [6, 6.07) is 12.0. The number of anilines is 1. The molecule has 3 unspecified atom stereocenters. The summed E-state index contributed by atoms with van der Waals surface area (Å²) in [6.07, 6.45) is 8.33. The van der Waals surface area contributed by atoms with E-state index in [-0.39, 0.29) is 23.4 Å². The Morgan fingerprint density at radius 1 is 1.17 bits per heavy atom. The van der Waals surface area contributed by atoms with Crippen molar-refractivity contribution >= 4 is 17.6 Å². The molecule has 2 bridgehead atoms. The number of hydrogen-bond acceptors (Lipinski definition) is 7. The summed E-state index contributed by atoms with van der Waals surface area (Å²) < 4.78 is 32.0. The Kier molecular flexibility index (Phi) is 10.4. The predicted molar refractivity (Wildman–Crippen MR) is 176 cm³/mol. The van der Waals surface area contributed by atoms with E-state index in [1.165, 1.54) is 6.07 Å². The number of carbonyl (C=O) groups is 2. The molecule has 0 aliphatic carbocycles. The first-order chi connectivity index (χ1) is 22.1. The van der Waals surface area contributed by atoms with Crippen LogP contribution in [-0.4, -0.2) is 61.4 Å². The minimum atomic E-state index is -1.39. The van der Waals surface area contributed by atoms with Crippen molar-refractivity contribution in [3.8, 4) is 0 Å². The Hall–Kier alpha value is -4.31. The summed E-state index contributed by atoms with van der Waals surface area (Å²) in [4.78, 5) is 30.0. The summed E-state index contributed by atoms with van der Waals surface area (Å²) in [7, 11) is 0. The molecule has 0 radical (unpaired) electrons. The molecule has 1 saturated heterocycles. The van der Waals surface area contributed by atoms with E-state index >= 15 is 0 Å². The molecule has 3 aliphatic heterocycles. The van der Waals surface area contributed by atoms with Crippen molar-refractivity contribution in [3.63, 3.8) is 0 Å². The molecule has 3 heterocycles. The van der Waals surface area contributed by atoms with Crippen molar-refractivity contribution < 1.29 is 28.2 Å². The van der Waals surface area contributed by atoms with Gasteiger partial charge in [0.1, 0.15) is 17.5 Å². The van der Waals surface area contributed by atoms with Gasteiger partial charge < -0.3 is 24.8 Å². The number of rotatable bonds is 12. The second kappa shape index (κ2) is 14.4. The van der Waals surface area contributed by atoms with Gasteiger partial charge in [0.05, 0.1) is 37.0 Å². The molecule has 2 aromatic carbocycles. The number of ether oxygens (including phenoxy) is 3. The monoisotopic (exact) mass is 627 g/mol. The van der Waals surface area contributed by atoms with Crippen LogP contribution in [0.25, 0.3) is 0 Å². The molecule has 2 aromatic rings. The SMILES string of the molecule is C=C/C=C(\C=C(C)C)NC(c1ccc(CN2CCOCC2)cc1)C12C=CC(O1)C(C(=O)Nc1ccc(C)c(F)c1)=C2C(=O)OCC. The number of halogens is 1.